The van der Waals surface area contributed by atoms with Gasteiger partial charge in [-0.25, -0.2) is 0 Å². The molecule has 1 fully saturated rings. The lowest BCUT2D eigenvalue weighted by Crippen LogP contribution is -2.34. The van der Waals surface area contributed by atoms with Crippen LogP contribution in [0, 0.1) is 0 Å². The number of benzene rings is 1. The van der Waals surface area contributed by atoms with Crippen LogP contribution in [0.3, 0.4) is 0 Å². The smallest absolute Gasteiger partial charge is 0.317 e. The highest BCUT2D eigenvalue weighted by Crippen LogP contribution is 2.17. The molecular weight excluding hydrogens is 264 g/mol. The summed E-state index contributed by atoms with van der Waals surface area (Å²) in [5, 5.41) is 9.62. The molecule has 0 amide bonds. The van der Waals surface area contributed by atoms with E-state index in [1.54, 1.807) is 0 Å². The Balaban J connectivity index is 1.89. The molecule has 5 heteroatoms. The maximum absolute atomic E-state index is 10.7. The molecule has 1 aliphatic rings. The van der Waals surface area contributed by atoms with Crippen LogP contribution in [0.25, 0.3) is 0 Å². The first-order chi connectivity index (χ1) is 9.15. The van der Waals surface area contributed by atoms with E-state index in [1.165, 1.54) is 0 Å². The minimum atomic E-state index is -0.750. The van der Waals surface area contributed by atoms with Crippen LogP contribution in [0.4, 0.5) is 0 Å². The summed E-state index contributed by atoms with van der Waals surface area (Å²) in [5.74, 6) is -0.750. The molecule has 1 N–H and O–H groups in total. The molecule has 1 heterocycles. The Kier molecular flexibility index (Phi) is 5.19. The van der Waals surface area contributed by atoms with Gasteiger partial charge in [0.25, 0.3) is 0 Å². The lowest BCUT2D eigenvalue weighted by atomic mass is 10.2. The first-order valence-corrected chi connectivity index (χ1v) is 6.93. The third-order valence-corrected chi connectivity index (χ3v) is 3.76. The van der Waals surface area contributed by atoms with Crippen LogP contribution in [-0.2, 0) is 11.3 Å². The van der Waals surface area contributed by atoms with Crippen molar-refractivity contribution in [2.24, 2.45) is 0 Å². The summed E-state index contributed by atoms with van der Waals surface area (Å²) in [5.41, 5.74) is 1.14. The van der Waals surface area contributed by atoms with Gasteiger partial charge in [0, 0.05) is 31.2 Å². The van der Waals surface area contributed by atoms with Crippen LogP contribution in [0.15, 0.2) is 24.3 Å². The monoisotopic (exact) mass is 282 g/mol. The van der Waals surface area contributed by atoms with Crippen molar-refractivity contribution in [2.75, 3.05) is 32.7 Å². The maximum Gasteiger partial charge on any atom is 0.317 e. The standard InChI is InChI=1S/C14H19ClN2O2/c15-13-5-2-1-4-12(13)10-16-6-3-7-17(9-8-16)11-14(18)19/h1-2,4-5H,3,6-11H2,(H,18,19). The molecule has 1 saturated heterocycles. The molecule has 0 unspecified atom stereocenters. The number of halogens is 1. The van der Waals surface area contributed by atoms with E-state index in [0.717, 1.165) is 49.7 Å². The van der Waals surface area contributed by atoms with E-state index in [1.807, 2.05) is 29.2 Å². The number of rotatable bonds is 4. The van der Waals surface area contributed by atoms with Gasteiger partial charge in [-0.1, -0.05) is 29.8 Å². The molecule has 4 nitrogen and oxygen atoms in total. The minimum Gasteiger partial charge on any atom is -0.480 e. The van der Waals surface area contributed by atoms with Gasteiger partial charge in [-0.3, -0.25) is 14.6 Å². The number of nitrogens with zero attached hydrogens (tertiary/aromatic N) is 2. The molecule has 0 spiro atoms. The molecule has 1 aromatic rings. The number of carboxylic acid groups (broad SMARTS) is 1. The molecule has 0 aliphatic carbocycles. The largest absolute Gasteiger partial charge is 0.480 e. The van der Waals surface area contributed by atoms with Gasteiger partial charge in [0.2, 0.25) is 0 Å². The molecule has 0 radical (unpaired) electrons. The second-order valence-corrected chi connectivity index (χ2v) is 5.30. The summed E-state index contributed by atoms with van der Waals surface area (Å²) in [6.07, 6.45) is 0.998. The molecular formula is C14H19ClN2O2. The zero-order valence-corrected chi connectivity index (χ0v) is 11.6. The third kappa shape index (κ3) is 4.49. The number of carboxylic acids is 1. The number of aliphatic carboxylic acids is 1. The summed E-state index contributed by atoms with van der Waals surface area (Å²) in [7, 11) is 0. The minimum absolute atomic E-state index is 0.139. The molecule has 0 atom stereocenters. The Bertz CT molecular complexity index is 439. The average Bonchev–Trinajstić information content (AvgIpc) is 2.57. The van der Waals surface area contributed by atoms with E-state index >= 15 is 0 Å². The molecule has 19 heavy (non-hydrogen) atoms. The van der Waals surface area contributed by atoms with Crippen molar-refractivity contribution in [3.8, 4) is 0 Å². The Hall–Kier alpha value is -1.10. The van der Waals surface area contributed by atoms with Crippen LogP contribution in [-0.4, -0.2) is 53.6 Å². The van der Waals surface area contributed by atoms with E-state index in [9.17, 15) is 4.79 Å². The van der Waals surface area contributed by atoms with Gasteiger partial charge < -0.3 is 5.11 Å². The van der Waals surface area contributed by atoms with E-state index in [-0.39, 0.29) is 6.54 Å². The lowest BCUT2D eigenvalue weighted by Gasteiger charge is -2.21. The molecule has 2 rings (SSSR count). The normalized spacial score (nSPS) is 18.2. The van der Waals surface area contributed by atoms with Crippen LogP contribution >= 0.6 is 11.6 Å². The average molecular weight is 283 g/mol. The fourth-order valence-corrected chi connectivity index (χ4v) is 2.59. The van der Waals surface area contributed by atoms with Crippen LogP contribution < -0.4 is 0 Å². The third-order valence-electron chi connectivity index (χ3n) is 3.39. The SMILES string of the molecule is O=C(O)CN1CCCN(Cc2ccccc2Cl)CC1. The second-order valence-electron chi connectivity index (χ2n) is 4.89. The molecule has 0 bridgehead atoms. The van der Waals surface area contributed by atoms with Crippen molar-refractivity contribution >= 4 is 17.6 Å². The summed E-state index contributed by atoms with van der Waals surface area (Å²) >= 11 is 6.17. The van der Waals surface area contributed by atoms with Gasteiger partial charge in [-0.15, -0.1) is 0 Å². The predicted molar refractivity (Wildman–Crippen MR) is 75.4 cm³/mol. The second kappa shape index (κ2) is 6.89. The Morgan fingerprint density at radius 1 is 1.16 bits per heavy atom. The van der Waals surface area contributed by atoms with Gasteiger partial charge >= 0.3 is 5.97 Å². The molecule has 0 aromatic heterocycles. The van der Waals surface area contributed by atoms with Crippen molar-refractivity contribution in [3.63, 3.8) is 0 Å². The van der Waals surface area contributed by atoms with Crippen molar-refractivity contribution in [2.45, 2.75) is 13.0 Å². The van der Waals surface area contributed by atoms with Crippen LogP contribution in [0.2, 0.25) is 5.02 Å². The summed E-state index contributed by atoms with van der Waals surface area (Å²) in [6.45, 7) is 4.50. The van der Waals surface area contributed by atoms with E-state index in [2.05, 4.69) is 4.90 Å². The maximum atomic E-state index is 10.7. The summed E-state index contributed by atoms with van der Waals surface area (Å²) < 4.78 is 0. The number of hydrogen-bond donors (Lipinski definition) is 1. The van der Waals surface area contributed by atoms with Crippen molar-refractivity contribution < 1.29 is 9.90 Å². The first kappa shape index (κ1) is 14.3. The Labute approximate surface area is 118 Å². The fraction of sp³-hybridized carbons (Fsp3) is 0.500. The quantitative estimate of drug-likeness (QED) is 0.916. The van der Waals surface area contributed by atoms with Gasteiger partial charge in [-0.05, 0) is 24.6 Å². The predicted octanol–water partition coefficient (Wildman–Crippen LogP) is 1.93. The highest BCUT2D eigenvalue weighted by molar-refractivity contribution is 6.31. The van der Waals surface area contributed by atoms with Crippen molar-refractivity contribution in [1.29, 1.82) is 0 Å². The molecule has 0 saturated carbocycles. The zero-order valence-electron chi connectivity index (χ0n) is 10.9. The topological polar surface area (TPSA) is 43.8 Å². The Morgan fingerprint density at radius 2 is 1.84 bits per heavy atom. The lowest BCUT2D eigenvalue weighted by molar-refractivity contribution is -0.138. The van der Waals surface area contributed by atoms with Gasteiger partial charge in [-0.2, -0.15) is 0 Å². The molecule has 1 aliphatic heterocycles. The highest BCUT2D eigenvalue weighted by atomic mass is 35.5. The van der Waals surface area contributed by atoms with Crippen molar-refractivity contribution in [3.05, 3.63) is 34.9 Å². The summed E-state index contributed by atoms with van der Waals surface area (Å²) in [6, 6.07) is 7.88. The number of hydrogen-bond acceptors (Lipinski definition) is 3. The van der Waals surface area contributed by atoms with Crippen LogP contribution in [0.5, 0.6) is 0 Å². The molecule has 104 valence electrons. The van der Waals surface area contributed by atoms with E-state index in [0.29, 0.717) is 0 Å². The van der Waals surface area contributed by atoms with E-state index in [4.69, 9.17) is 16.7 Å². The fourth-order valence-electron chi connectivity index (χ4n) is 2.40. The van der Waals surface area contributed by atoms with Gasteiger partial charge in [0.1, 0.15) is 0 Å². The Morgan fingerprint density at radius 3 is 2.58 bits per heavy atom. The van der Waals surface area contributed by atoms with Crippen LogP contribution in [0.1, 0.15) is 12.0 Å². The molecule has 1 aromatic carbocycles. The van der Waals surface area contributed by atoms with Gasteiger partial charge in [0.05, 0.1) is 6.54 Å². The van der Waals surface area contributed by atoms with Crippen molar-refractivity contribution in [1.82, 2.24) is 9.80 Å². The van der Waals surface area contributed by atoms with Gasteiger partial charge in [0.15, 0.2) is 0 Å². The van der Waals surface area contributed by atoms with E-state index < -0.39 is 5.97 Å². The zero-order chi connectivity index (χ0) is 13.7. The summed E-state index contributed by atoms with van der Waals surface area (Å²) in [4.78, 5) is 15.1. The highest BCUT2D eigenvalue weighted by Gasteiger charge is 2.17. The first-order valence-electron chi connectivity index (χ1n) is 6.55. The number of carbonyl (C=O) groups is 1.